The number of aryl methyl sites for hydroxylation is 1. The van der Waals surface area contributed by atoms with Crippen LogP contribution in [0.5, 0.6) is 0 Å². The average molecular weight is 479 g/mol. The van der Waals surface area contributed by atoms with Gasteiger partial charge in [-0.2, -0.15) is 0 Å². The lowest BCUT2D eigenvalue weighted by molar-refractivity contribution is 0.533. The molecule has 0 bridgehead atoms. The summed E-state index contributed by atoms with van der Waals surface area (Å²) in [5.41, 5.74) is 12.8. The van der Waals surface area contributed by atoms with E-state index >= 15 is 0 Å². The van der Waals surface area contributed by atoms with Crippen LogP contribution in [-0.2, 0) is 12.5 Å². The number of aromatic nitrogens is 4. The zero-order chi connectivity index (χ0) is 24.4. The van der Waals surface area contributed by atoms with E-state index in [1.807, 2.05) is 48.4 Å². The van der Waals surface area contributed by atoms with Crippen molar-refractivity contribution in [3.63, 3.8) is 0 Å². The van der Waals surface area contributed by atoms with Crippen molar-refractivity contribution in [2.75, 3.05) is 24.5 Å². The number of benzene rings is 3. The van der Waals surface area contributed by atoms with Crippen LogP contribution in [0, 0.1) is 17.7 Å². The Balaban J connectivity index is 1.16. The number of anilines is 1. The van der Waals surface area contributed by atoms with E-state index < -0.39 is 0 Å². The molecule has 2 N–H and O–H groups in total. The number of fused-ring (bicyclic) bond motifs is 3. The lowest BCUT2D eigenvalue weighted by Crippen LogP contribution is -2.32. The predicted octanol–water partition coefficient (Wildman–Crippen LogP) is 4.68. The zero-order valence-corrected chi connectivity index (χ0v) is 20.1. The van der Waals surface area contributed by atoms with Gasteiger partial charge in [0, 0.05) is 32.1 Å². The minimum atomic E-state index is -0.270. The van der Waals surface area contributed by atoms with Crippen molar-refractivity contribution in [2.45, 2.75) is 11.8 Å². The van der Waals surface area contributed by atoms with Gasteiger partial charge in [-0.3, -0.25) is 4.98 Å². The lowest BCUT2D eigenvalue weighted by atomic mass is 9.91. The highest BCUT2D eigenvalue weighted by atomic mass is 19.1. The molecule has 5 aromatic rings. The van der Waals surface area contributed by atoms with Crippen LogP contribution in [0.25, 0.3) is 33.2 Å². The maximum atomic E-state index is 14.7. The van der Waals surface area contributed by atoms with Crippen LogP contribution in [0.2, 0.25) is 0 Å². The first-order valence-corrected chi connectivity index (χ1v) is 12.5. The van der Waals surface area contributed by atoms with Crippen LogP contribution >= 0.6 is 0 Å². The number of nitrogens with zero attached hydrogens (tertiary/aromatic N) is 5. The Morgan fingerprint density at radius 2 is 1.78 bits per heavy atom. The summed E-state index contributed by atoms with van der Waals surface area (Å²) in [6, 6.07) is 19.6. The third kappa shape index (κ3) is 3.09. The monoisotopic (exact) mass is 478 g/mol. The molecule has 0 spiro atoms. The van der Waals surface area contributed by atoms with Crippen molar-refractivity contribution in [2.24, 2.45) is 24.6 Å². The maximum absolute atomic E-state index is 14.7. The van der Waals surface area contributed by atoms with Gasteiger partial charge in [0.15, 0.2) is 0 Å². The molecule has 6 nitrogen and oxygen atoms in total. The minimum absolute atomic E-state index is 0.146. The molecular weight excluding hydrogens is 451 g/mol. The number of nitrogens with two attached hydrogens (primary N) is 1. The van der Waals surface area contributed by atoms with Gasteiger partial charge in [0.25, 0.3) is 0 Å². The van der Waals surface area contributed by atoms with Crippen molar-refractivity contribution in [1.29, 1.82) is 0 Å². The molecule has 0 radical (unpaired) electrons. The molecule has 36 heavy (non-hydrogen) atoms. The molecule has 1 aliphatic carbocycles. The van der Waals surface area contributed by atoms with Crippen LogP contribution < -0.4 is 10.6 Å². The summed E-state index contributed by atoms with van der Waals surface area (Å²) >= 11 is 0. The first-order valence-electron chi connectivity index (χ1n) is 12.5. The van der Waals surface area contributed by atoms with Crippen molar-refractivity contribution in [3.8, 4) is 11.1 Å². The van der Waals surface area contributed by atoms with Crippen molar-refractivity contribution >= 4 is 27.9 Å². The van der Waals surface area contributed by atoms with E-state index in [1.165, 1.54) is 0 Å². The Morgan fingerprint density at radius 3 is 2.61 bits per heavy atom. The summed E-state index contributed by atoms with van der Waals surface area (Å²) in [5.74, 6) is 1.47. The third-order valence-electron chi connectivity index (χ3n) is 8.45. The second-order valence-corrected chi connectivity index (χ2v) is 10.2. The van der Waals surface area contributed by atoms with E-state index in [1.54, 1.807) is 12.1 Å². The van der Waals surface area contributed by atoms with E-state index in [2.05, 4.69) is 34.1 Å². The standard InChI is InChI=1S/C29H27FN6/c1-35-17-33-25-9-7-19(13-27(25)35)18-6-8-24-26(12-18)32-14-28(34-24)36-11-10-20-22(15-36)29(20,16-31)21-4-2-3-5-23(21)30/h2-9,12-14,17,20,22H,10-11,15-16,31H2,1H3/t20?,22?,29-/m1/s1. The minimum Gasteiger partial charge on any atom is -0.355 e. The second kappa shape index (κ2) is 7.83. The number of hydrogen-bond donors (Lipinski definition) is 1. The Kier molecular flexibility index (Phi) is 4.66. The molecule has 3 aromatic carbocycles. The highest BCUT2D eigenvalue weighted by molar-refractivity contribution is 5.86. The average Bonchev–Trinajstić information content (AvgIpc) is 3.43. The lowest BCUT2D eigenvalue weighted by Gasteiger charge is -2.27. The van der Waals surface area contributed by atoms with Gasteiger partial charge in [0.1, 0.15) is 11.6 Å². The molecule has 3 atom stereocenters. The molecule has 2 aliphatic rings. The van der Waals surface area contributed by atoms with Gasteiger partial charge in [0.2, 0.25) is 0 Å². The van der Waals surface area contributed by atoms with Crippen molar-refractivity contribution in [1.82, 2.24) is 19.5 Å². The quantitative estimate of drug-likeness (QED) is 0.406. The Morgan fingerprint density at radius 1 is 0.972 bits per heavy atom. The number of halogens is 1. The predicted molar refractivity (Wildman–Crippen MR) is 140 cm³/mol. The number of piperidine rings is 1. The number of hydrogen-bond acceptors (Lipinski definition) is 5. The summed E-state index contributed by atoms with van der Waals surface area (Å²) in [6.45, 7) is 2.16. The molecular formula is C29H27FN6. The van der Waals surface area contributed by atoms with Crippen LogP contribution in [0.3, 0.4) is 0 Å². The van der Waals surface area contributed by atoms with Gasteiger partial charge in [0.05, 0.1) is 34.6 Å². The van der Waals surface area contributed by atoms with Crippen LogP contribution in [0.4, 0.5) is 10.2 Å². The molecule has 1 saturated heterocycles. The SMILES string of the molecule is Cn1cnc2ccc(-c3ccc4nc(N5CCC6C(C5)[C@@]6(CN)c5ccccc5F)cnc4c3)cc21. The number of imidazole rings is 1. The number of rotatable bonds is 4. The van der Waals surface area contributed by atoms with E-state index in [0.29, 0.717) is 18.4 Å². The highest BCUT2D eigenvalue weighted by Crippen LogP contribution is 2.63. The molecule has 1 saturated carbocycles. The molecule has 1 aliphatic heterocycles. The molecule has 2 fully saturated rings. The van der Waals surface area contributed by atoms with Crippen LogP contribution in [0.1, 0.15) is 12.0 Å². The summed E-state index contributed by atoms with van der Waals surface area (Å²) in [7, 11) is 2.00. The molecule has 3 heterocycles. The van der Waals surface area contributed by atoms with Gasteiger partial charge >= 0.3 is 0 Å². The fourth-order valence-corrected chi connectivity index (χ4v) is 6.47. The largest absolute Gasteiger partial charge is 0.355 e. The molecule has 180 valence electrons. The molecule has 7 rings (SSSR count). The first-order chi connectivity index (χ1) is 17.6. The fourth-order valence-electron chi connectivity index (χ4n) is 6.47. The normalized spacial score (nSPS) is 23.2. The molecule has 0 amide bonds. The summed E-state index contributed by atoms with van der Waals surface area (Å²) in [6.07, 6.45) is 4.68. The highest BCUT2D eigenvalue weighted by Gasteiger charge is 2.66. The van der Waals surface area contributed by atoms with Gasteiger partial charge in [-0.25, -0.2) is 14.4 Å². The molecule has 2 unspecified atom stereocenters. The first kappa shape index (κ1) is 21.4. The van der Waals surface area contributed by atoms with Crippen LogP contribution in [0.15, 0.2) is 73.2 Å². The molecule has 7 heteroatoms. The van der Waals surface area contributed by atoms with Gasteiger partial charge in [-0.15, -0.1) is 0 Å². The Labute approximate surface area is 208 Å². The van der Waals surface area contributed by atoms with Gasteiger partial charge < -0.3 is 15.2 Å². The topological polar surface area (TPSA) is 72.9 Å². The Bertz CT molecular complexity index is 1630. The smallest absolute Gasteiger partial charge is 0.147 e. The summed E-state index contributed by atoms with van der Waals surface area (Å²) < 4.78 is 16.7. The van der Waals surface area contributed by atoms with Crippen LogP contribution in [-0.4, -0.2) is 39.2 Å². The van der Waals surface area contributed by atoms with Gasteiger partial charge in [-0.1, -0.05) is 30.3 Å². The third-order valence-corrected chi connectivity index (χ3v) is 8.45. The summed E-state index contributed by atoms with van der Waals surface area (Å²) in [5, 5.41) is 0. The summed E-state index contributed by atoms with van der Waals surface area (Å²) in [4.78, 5) is 16.4. The van der Waals surface area contributed by atoms with E-state index in [4.69, 9.17) is 15.7 Å². The van der Waals surface area contributed by atoms with Crippen molar-refractivity contribution in [3.05, 3.63) is 84.6 Å². The maximum Gasteiger partial charge on any atom is 0.147 e. The zero-order valence-electron chi connectivity index (χ0n) is 20.1. The van der Waals surface area contributed by atoms with Gasteiger partial charge in [-0.05, 0) is 65.3 Å². The van der Waals surface area contributed by atoms with Crippen molar-refractivity contribution < 1.29 is 4.39 Å². The second-order valence-electron chi connectivity index (χ2n) is 10.2. The van der Waals surface area contributed by atoms with E-state index in [-0.39, 0.29) is 11.2 Å². The Hall–Kier alpha value is -3.84. The fraction of sp³-hybridized carbons (Fsp3) is 0.276. The van der Waals surface area contributed by atoms with E-state index in [9.17, 15) is 4.39 Å². The molecule has 2 aromatic heterocycles. The van der Waals surface area contributed by atoms with E-state index in [0.717, 1.165) is 64.1 Å².